The van der Waals surface area contributed by atoms with Crippen molar-refractivity contribution >= 4 is 29.1 Å². The van der Waals surface area contributed by atoms with Gasteiger partial charge in [0.25, 0.3) is 5.91 Å². The number of benzene rings is 2. The number of nitrogens with one attached hydrogen (secondary N) is 1. The summed E-state index contributed by atoms with van der Waals surface area (Å²) in [6, 6.07) is 8.58. The van der Waals surface area contributed by atoms with E-state index in [0.29, 0.717) is 10.8 Å². The summed E-state index contributed by atoms with van der Waals surface area (Å²) in [6.45, 7) is -3.27. The van der Waals surface area contributed by atoms with Crippen LogP contribution in [-0.2, 0) is 0 Å². The summed E-state index contributed by atoms with van der Waals surface area (Å²) in [6.07, 6.45) is -1.03. The molecule has 2 rings (SSSR count). The minimum Gasteiger partial charge on any atom is -0.493 e. The van der Waals surface area contributed by atoms with Crippen molar-refractivity contribution in [2.75, 3.05) is 20.3 Å². The molecule has 1 unspecified atom stereocenters. The first-order valence-electron chi connectivity index (χ1n) is 7.97. The van der Waals surface area contributed by atoms with Crippen LogP contribution in [0.3, 0.4) is 0 Å². The van der Waals surface area contributed by atoms with Gasteiger partial charge in [-0.25, -0.2) is 0 Å². The number of carbonyl (C=O) groups is 1. The summed E-state index contributed by atoms with van der Waals surface area (Å²) in [5.41, 5.74) is 0.143. The normalized spacial score (nSPS) is 11.8. The molecule has 28 heavy (non-hydrogen) atoms. The molecule has 0 radical (unpaired) electrons. The highest BCUT2D eigenvalue weighted by Gasteiger charge is 2.15. The van der Waals surface area contributed by atoms with Gasteiger partial charge < -0.3 is 24.6 Å². The third kappa shape index (κ3) is 6.12. The molecule has 0 heterocycles. The zero-order chi connectivity index (χ0) is 20.7. The van der Waals surface area contributed by atoms with Gasteiger partial charge in [0, 0.05) is 12.1 Å². The molecule has 152 valence electrons. The molecular weight excluding hydrogens is 419 g/mol. The summed E-state index contributed by atoms with van der Waals surface area (Å²) in [4.78, 5) is 12.2. The van der Waals surface area contributed by atoms with E-state index in [-0.39, 0.29) is 35.2 Å². The fourth-order valence-corrected chi connectivity index (χ4v) is 2.50. The van der Waals surface area contributed by atoms with Crippen LogP contribution in [0.15, 0.2) is 36.4 Å². The number of rotatable bonds is 9. The van der Waals surface area contributed by atoms with Crippen molar-refractivity contribution in [1.29, 1.82) is 0 Å². The van der Waals surface area contributed by atoms with Gasteiger partial charge in [-0.1, -0.05) is 29.3 Å². The molecule has 0 bridgehead atoms. The highest BCUT2D eigenvalue weighted by Crippen LogP contribution is 2.31. The van der Waals surface area contributed by atoms with Gasteiger partial charge >= 0.3 is 6.61 Å². The lowest BCUT2D eigenvalue weighted by atomic mass is 10.2. The molecule has 6 nitrogen and oxygen atoms in total. The van der Waals surface area contributed by atoms with Crippen LogP contribution in [0.1, 0.15) is 10.4 Å². The molecule has 0 spiro atoms. The number of carbonyl (C=O) groups excluding carboxylic acids is 1. The smallest absolute Gasteiger partial charge is 0.387 e. The van der Waals surface area contributed by atoms with Crippen molar-refractivity contribution < 1.29 is 32.9 Å². The van der Waals surface area contributed by atoms with E-state index in [1.807, 2.05) is 0 Å². The Morgan fingerprint density at radius 3 is 2.61 bits per heavy atom. The summed E-state index contributed by atoms with van der Waals surface area (Å²) < 4.78 is 39.3. The molecular formula is C18H17Cl2F2NO5. The number of hydrogen-bond acceptors (Lipinski definition) is 5. The molecule has 0 saturated heterocycles. The Morgan fingerprint density at radius 2 is 1.93 bits per heavy atom. The largest absolute Gasteiger partial charge is 0.493 e. The van der Waals surface area contributed by atoms with Crippen molar-refractivity contribution in [2.24, 2.45) is 0 Å². The number of halogens is 4. The predicted molar refractivity (Wildman–Crippen MR) is 99.9 cm³/mol. The van der Waals surface area contributed by atoms with Crippen LogP contribution in [0.4, 0.5) is 8.78 Å². The quantitative estimate of drug-likeness (QED) is 0.626. The number of amides is 1. The van der Waals surface area contributed by atoms with Crippen molar-refractivity contribution in [2.45, 2.75) is 12.7 Å². The average molecular weight is 436 g/mol. The van der Waals surface area contributed by atoms with Gasteiger partial charge in [0.2, 0.25) is 0 Å². The maximum atomic E-state index is 12.3. The van der Waals surface area contributed by atoms with Crippen LogP contribution in [-0.4, -0.2) is 44.0 Å². The van der Waals surface area contributed by atoms with Crippen LogP contribution in [0, 0.1) is 0 Å². The van der Waals surface area contributed by atoms with Crippen molar-refractivity contribution in [3.8, 4) is 17.2 Å². The first kappa shape index (κ1) is 22.0. The number of ether oxygens (including phenoxy) is 3. The molecule has 0 aliphatic heterocycles. The van der Waals surface area contributed by atoms with E-state index in [2.05, 4.69) is 10.1 Å². The summed E-state index contributed by atoms with van der Waals surface area (Å²) in [5.74, 6) is -0.450. The van der Waals surface area contributed by atoms with Gasteiger partial charge in [0.1, 0.15) is 23.5 Å². The Hall–Kier alpha value is -2.29. The van der Waals surface area contributed by atoms with E-state index < -0.39 is 18.6 Å². The standard InChI is InChI=1S/C18H17Cl2F2NO5/c1-26-15-7-10(5-6-13(15)28-18(21)22)17(25)23-8-11(24)9-27-14-4-2-3-12(19)16(14)20/h2-7,11,18,24H,8-9H2,1H3,(H,23,25). The van der Waals surface area contributed by atoms with Gasteiger partial charge in [-0.2, -0.15) is 8.78 Å². The first-order valence-corrected chi connectivity index (χ1v) is 8.73. The number of alkyl halides is 2. The zero-order valence-corrected chi connectivity index (χ0v) is 16.1. The number of methoxy groups -OCH3 is 1. The third-order valence-electron chi connectivity index (χ3n) is 3.49. The lowest BCUT2D eigenvalue weighted by molar-refractivity contribution is -0.0512. The molecule has 0 aliphatic rings. The Morgan fingerprint density at radius 1 is 1.18 bits per heavy atom. The van der Waals surface area contributed by atoms with E-state index in [4.69, 9.17) is 32.7 Å². The molecule has 2 N–H and O–H groups in total. The Bertz CT molecular complexity index is 823. The van der Waals surface area contributed by atoms with Gasteiger partial charge in [-0.15, -0.1) is 0 Å². The SMILES string of the molecule is COc1cc(C(=O)NCC(O)COc2cccc(Cl)c2Cl)ccc1OC(F)F. The fraction of sp³-hybridized carbons (Fsp3) is 0.278. The fourth-order valence-electron chi connectivity index (χ4n) is 2.16. The lowest BCUT2D eigenvalue weighted by Gasteiger charge is -2.15. The number of aliphatic hydroxyl groups excluding tert-OH is 1. The Balaban J connectivity index is 1.89. The molecule has 2 aromatic rings. The van der Waals surface area contributed by atoms with Crippen LogP contribution >= 0.6 is 23.2 Å². The second kappa shape index (κ2) is 10.3. The van der Waals surface area contributed by atoms with Crippen LogP contribution in [0.2, 0.25) is 10.0 Å². The second-order valence-electron chi connectivity index (χ2n) is 5.47. The maximum absolute atomic E-state index is 12.3. The molecule has 0 aliphatic carbocycles. The minimum atomic E-state index is -3.02. The topological polar surface area (TPSA) is 77.0 Å². The molecule has 0 saturated carbocycles. The van der Waals surface area contributed by atoms with E-state index in [0.717, 1.165) is 0 Å². The van der Waals surface area contributed by atoms with Crippen LogP contribution < -0.4 is 19.5 Å². The number of hydrogen-bond donors (Lipinski definition) is 2. The van der Waals surface area contributed by atoms with Crippen molar-refractivity contribution in [3.63, 3.8) is 0 Å². The third-order valence-corrected chi connectivity index (χ3v) is 4.29. The molecule has 0 fully saturated rings. The molecule has 0 aromatic heterocycles. The molecule has 1 atom stereocenters. The van der Waals surface area contributed by atoms with E-state index in [1.54, 1.807) is 18.2 Å². The van der Waals surface area contributed by atoms with Crippen LogP contribution in [0.25, 0.3) is 0 Å². The van der Waals surface area contributed by atoms with Gasteiger partial charge in [0.15, 0.2) is 11.5 Å². The van der Waals surface area contributed by atoms with E-state index >= 15 is 0 Å². The lowest BCUT2D eigenvalue weighted by Crippen LogP contribution is -2.35. The highest BCUT2D eigenvalue weighted by molar-refractivity contribution is 6.42. The average Bonchev–Trinajstić information content (AvgIpc) is 2.67. The van der Waals surface area contributed by atoms with Crippen LogP contribution in [0.5, 0.6) is 17.2 Å². The van der Waals surface area contributed by atoms with Gasteiger partial charge in [-0.05, 0) is 30.3 Å². The highest BCUT2D eigenvalue weighted by atomic mass is 35.5. The van der Waals surface area contributed by atoms with E-state index in [1.165, 1.54) is 25.3 Å². The predicted octanol–water partition coefficient (Wildman–Crippen LogP) is 3.77. The van der Waals surface area contributed by atoms with E-state index in [9.17, 15) is 18.7 Å². The summed E-state index contributed by atoms with van der Waals surface area (Å²) in [7, 11) is 1.26. The maximum Gasteiger partial charge on any atom is 0.387 e. The van der Waals surface area contributed by atoms with Crippen molar-refractivity contribution in [3.05, 3.63) is 52.0 Å². The van der Waals surface area contributed by atoms with Gasteiger partial charge in [0.05, 0.1) is 12.1 Å². The molecule has 10 heteroatoms. The van der Waals surface area contributed by atoms with Crippen molar-refractivity contribution in [1.82, 2.24) is 5.32 Å². The Labute approximate surface area is 169 Å². The Kier molecular flexibility index (Phi) is 8.10. The second-order valence-corrected chi connectivity index (χ2v) is 6.26. The number of aliphatic hydroxyl groups is 1. The molecule has 2 aromatic carbocycles. The van der Waals surface area contributed by atoms with Gasteiger partial charge in [-0.3, -0.25) is 4.79 Å². The minimum absolute atomic E-state index is 0.0209. The summed E-state index contributed by atoms with van der Waals surface area (Å²) in [5, 5.41) is 13.0. The molecule has 1 amide bonds. The monoisotopic (exact) mass is 435 g/mol. The zero-order valence-electron chi connectivity index (χ0n) is 14.6. The first-order chi connectivity index (χ1) is 13.3. The summed E-state index contributed by atoms with van der Waals surface area (Å²) >= 11 is 11.9.